The Balaban J connectivity index is 2.64. The normalized spacial score (nSPS) is 11.9. The Labute approximate surface area is 84.2 Å². The molecular weight excluding hydrogens is 176 g/mol. The van der Waals surface area contributed by atoms with E-state index in [2.05, 4.69) is 12.6 Å². The molecule has 0 heterocycles. The van der Waals surface area contributed by atoms with Gasteiger partial charge in [0, 0.05) is 11.1 Å². The zero-order chi connectivity index (χ0) is 10.6. The first-order valence-electron chi connectivity index (χ1n) is 4.44. The average molecular weight is 189 g/mol. The molecule has 1 aromatic rings. The first kappa shape index (κ1) is 10.5. The van der Waals surface area contributed by atoms with Crippen molar-refractivity contribution in [3.05, 3.63) is 48.0 Å². The third kappa shape index (κ3) is 2.73. The largest absolute Gasteiger partial charge is 0.454 e. The lowest BCUT2D eigenvalue weighted by Crippen LogP contribution is -2.09. The van der Waals surface area contributed by atoms with E-state index in [4.69, 9.17) is 4.74 Å². The third-order valence-electron chi connectivity index (χ3n) is 1.80. The van der Waals surface area contributed by atoms with E-state index in [0.29, 0.717) is 5.57 Å². The molecule has 0 N–H and O–H groups in total. The van der Waals surface area contributed by atoms with Gasteiger partial charge in [-0.1, -0.05) is 30.8 Å². The highest BCUT2D eigenvalue weighted by molar-refractivity contribution is 5.87. The van der Waals surface area contributed by atoms with Crippen LogP contribution in [0.4, 0.5) is 0 Å². The van der Waals surface area contributed by atoms with E-state index >= 15 is 0 Å². The molecule has 1 radical (unpaired) electrons. The quantitative estimate of drug-likeness (QED) is 0.539. The first-order valence-corrected chi connectivity index (χ1v) is 4.44. The summed E-state index contributed by atoms with van der Waals surface area (Å²) in [7, 11) is 0. The summed E-state index contributed by atoms with van der Waals surface area (Å²) < 4.78 is 5.13. The molecule has 1 aromatic carbocycles. The van der Waals surface area contributed by atoms with Crippen molar-refractivity contribution in [3.63, 3.8) is 0 Å². The number of ether oxygens (including phenoxy) is 1. The van der Waals surface area contributed by atoms with Crippen LogP contribution in [0, 0.1) is 6.07 Å². The van der Waals surface area contributed by atoms with Crippen molar-refractivity contribution >= 4 is 5.97 Å². The number of carbonyl (C=O) groups excluding carboxylic acids is 1. The van der Waals surface area contributed by atoms with Crippen molar-refractivity contribution in [2.45, 2.75) is 20.0 Å². The fourth-order valence-electron chi connectivity index (χ4n) is 0.985. The molecule has 0 saturated carbocycles. The number of rotatable bonds is 3. The summed E-state index contributed by atoms with van der Waals surface area (Å²) in [6.07, 6.45) is -0.277. The van der Waals surface area contributed by atoms with Crippen LogP contribution in [0.25, 0.3) is 0 Å². The van der Waals surface area contributed by atoms with Crippen molar-refractivity contribution in [1.29, 1.82) is 0 Å². The molecule has 0 aliphatic heterocycles. The lowest BCUT2D eigenvalue weighted by Gasteiger charge is -2.12. The minimum Gasteiger partial charge on any atom is -0.454 e. The summed E-state index contributed by atoms with van der Waals surface area (Å²) >= 11 is 0. The molecule has 0 aromatic heterocycles. The molecule has 0 spiro atoms. The molecular formula is C12H13O2. The monoisotopic (exact) mass is 189 g/mol. The summed E-state index contributed by atoms with van der Waals surface area (Å²) in [6.45, 7) is 6.96. The van der Waals surface area contributed by atoms with Gasteiger partial charge in [-0.15, -0.1) is 0 Å². The van der Waals surface area contributed by atoms with Crippen LogP contribution in [0.5, 0.6) is 0 Å². The highest BCUT2D eigenvalue weighted by Gasteiger charge is 2.11. The van der Waals surface area contributed by atoms with Crippen molar-refractivity contribution in [3.8, 4) is 0 Å². The molecule has 0 bridgehead atoms. The maximum absolute atomic E-state index is 11.2. The summed E-state index contributed by atoms with van der Waals surface area (Å²) in [4.78, 5) is 11.2. The maximum atomic E-state index is 11.2. The first-order chi connectivity index (χ1) is 6.61. The predicted octanol–water partition coefficient (Wildman–Crippen LogP) is 2.67. The van der Waals surface area contributed by atoms with Gasteiger partial charge in [-0.05, 0) is 19.9 Å². The van der Waals surface area contributed by atoms with Crippen molar-refractivity contribution in [2.75, 3.05) is 0 Å². The molecule has 1 unspecified atom stereocenters. The van der Waals surface area contributed by atoms with Gasteiger partial charge < -0.3 is 4.74 Å². The molecule has 2 nitrogen and oxygen atoms in total. The zero-order valence-corrected chi connectivity index (χ0v) is 8.41. The van der Waals surface area contributed by atoms with E-state index in [9.17, 15) is 4.79 Å². The fraction of sp³-hybridized carbons (Fsp3) is 0.250. The Hall–Kier alpha value is -1.57. The zero-order valence-electron chi connectivity index (χ0n) is 8.41. The van der Waals surface area contributed by atoms with Gasteiger partial charge in [0.2, 0.25) is 0 Å². The van der Waals surface area contributed by atoms with E-state index in [-0.39, 0.29) is 12.1 Å². The molecule has 73 valence electrons. The lowest BCUT2D eigenvalue weighted by molar-refractivity contribution is -0.143. The van der Waals surface area contributed by atoms with Gasteiger partial charge in [-0.2, -0.15) is 0 Å². The lowest BCUT2D eigenvalue weighted by atomic mass is 10.1. The van der Waals surface area contributed by atoms with Gasteiger partial charge in [-0.25, -0.2) is 4.79 Å². The number of carbonyl (C=O) groups is 1. The molecule has 1 rings (SSSR count). The fourth-order valence-corrected chi connectivity index (χ4v) is 0.985. The number of hydrogen-bond acceptors (Lipinski definition) is 2. The van der Waals surface area contributed by atoms with Gasteiger partial charge in [0.05, 0.1) is 0 Å². The smallest absolute Gasteiger partial charge is 0.333 e. The van der Waals surface area contributed by atoms with E-state index in [1.165, 1.54) is 0 Å². The van der Waals surface area contributed by atoms with E-state index in [0.717, 1.165) is 5.56 Å². The molecule has 0 saturated heterocycles. The second-order valence-electron chi connectivity index (χ2n) is 3.15. The van der Waals surface area contributed by atoms with Crippen LogP contribution >= 0.6 is 0 Å². The van der Waals surface area contributed by atoms with Crippen LogP contribution in [0.1, 0.15) is 25.5 Å². The second kappa shape index (κ2) is 4.61. The molecule has 14 heavy (non-hydrogen) atoms. The van der Waals surface area contributed by atoms with E-state index < -0.39 is 0 Å². The van der Waals surface area contributed by atoms with Crippen molar-refractivity contribution in [1.82, 2.24) is 0 Å². The van der Waals surface area contributed by atoms with Crippen molar-refractivity contribution in [2.24, 2.45) is 0 Å². The van der Waals surface area contributed by atoms with Crippen LogP contribution in [-0.2, 0) is 9.53 Å². The Bertz CT molecular complexity index is 327. The van der Waals surface area contributed by atoms with Crippen molar-refractivity contribution < 1.29 is 9.53 Å². The minimum absolute atomic E-state index is 0.277. The standard InChI is InChI=1S/C12H13O2/c1-9(2)12(13)14-10(3)11-7-5-4-6-8-11/h4-7,10H,1H2,2-3H3. The van der Waals surface area contributed by atoms with Gasteiger partial charge in [-0.3, -0.25) is 0 Å². The molecule has 0 fully saturated rings. The van der Waals surface area contributed by atoms with Gasteiger partial charge in [0.15, 0.2) is 0 Å². The minimum atomic E-state index is -0.366. The Morgan fingerprint density at radius 3 is 2.79 bits per heavy atom. The molecule has 0 aliphatic rings. The predicted molar refractivity (Wildman–Crippen MR) is 54.6 cm³/mol. The third-order valence-corrected chi connectivity index (χ3v) is 1.80. The molecule has 0 amide bonds. The highest BCUT2D eigenvalue weighted by atomic mass is 16.5. The van der Waals surface area contributed by atoms with Crippen LogP contribution < -0.4 is 0 Å². The molecule has 2 heteroatoms. The summed E-state index contributed by atoms with van der Waals surface area (Å²) in [5.41, 5.74) is 1.27. The maximum Gasteiger partial charge on any atom is 0.333 e. The van der Waals surface area contributed by atoms with Gasteiger partial charge in [0.1, 0.15) is 6.10 Å². The van der Waals surface area contributed by atoms with Gasteiger partial charge >= 0.3 is 5.97 Å². The van der Waals surface area contributed by atoms with Crippen LogP contribution in [0.3, 0.4) is 0 Å². The summed E-state index contributed by atoms with van der Waals surface area (Å²) in [5.74, 6) is -0.366. The number of benzene rings is 1. The van der Waals surface area contributed by atoms with Crippen LogP contribution in [0.2, 0.25) is 0 Å². The highest BCUT2D eigenvalue weighted by Crippen LogP contribution is 2.16. The van der Waals surface area contributed by atoms with Crippen LogP contribution in [0.15, 0.2) is 36.4 Å². The molecule has 0 aliphatic carbocycles. The van der Waals surface area contributed by atoms with E-state index in [1.54, 1.807) is 13.0 Å². The second-order valence-corrected chi connectivity index (χ2v) is 3.15. The Morgan fingerprint density at radius 1 is 1.57 bits per heavy atom. The Morgan fingerprint density at radius 2 is 2.29 bits per heavy atom. The van der Waals surface area contributed by atoms with E-state index in [1.807, 2.05) is 25.1 Å². The SMILES string of the molecule is C=C(C)C(=O)OC(C)c1[c]cccc1. The number of esters is 1. The van der Waals surface area contributed by atoms with Crippen LogP contribution in [-0.4, -0.2) is 5.97 Å². The summed E-state index contributed by atoms with van der Waals surface area (Å²) in [5, 5.41) is 0. The Kier molecular flexibility index (Phi) is 3.46. The number of hydrogen-bond donors (Lipinski definition) is 0. The average Bonchev–Trinajstić information content (AvgIpc) is 2.19. The topological polar surface area (TPSA) is 26.3 Å². The van der Waals surface area contributed by atoms with Gasteiger partial charge in [0.25, 0.3) is 0 Å². The molecule has 1 atom stereocenters. The summed E-state index contributed by atoms with van der Waals surface area (Å²) in [6, 6.07) is 10.4.